The van der Waals surface area contributed by atoms with Crippen LogP contribution in [0.25, 0.3) is 0 Å². The summed E-state index contributed by atoms with van der Waals surface area (Å²) in [5, 5.41) is 11.3. The van der Waals surface area contributed by atoms with Gasteiger partial charge in [0.1, 0.15) is 0 Å². The molecule has 2 N–H and O–H groups in total. The molecule has 0 aromatic carbocycles. The maximum atomic E-state index is 8.56. The normalized spacial score (nSPS) is 21.3. The lowest BCUT2D eigenvalue weighted by molar-refractivity contribution is 0.234. The van der Waals surface area contributed by atoms with E-state index in [0.29, 0.717) is 0 Å². The van der Waals surface area contributed by atoms with Gasteiger partial charge in [-0.25, -0.2) is 0 Å². The van der Waals surface area contributed by atoms with Gasteiger partial charge in [-0.2, -0.15) is 0 Å². The van der Waals surface area contributed by atoms with Crippen LogP contribution in [0.5, 0.6) is 0 Å². The molecule has 0 aromatic heterocycles. The minimum atomic E-state index is -0.287. The first kappa shape index (κ1) is 3.68. The van der Waals surface area contributed by atoms with Crippen molar-refractivity contribution in [2.75, 3.05) is 0 Å². The van der Waals surface area contributed by atoms with Crippen LogP contribution in [-0.4, -0.2) is 11.2 Å². The Morgan fingerprint density at radius 1 is 2.00 bits per heavy atom. The zero-order valence-electron chi connectivity index (χ0n) is 3.60. The highest BCUT2D eigenvalue weighted by atomic mass is 16.3. The fraction of sp³-hybridized carbons (Fsp3) is 0.500. The second-order valence-corrected chi connectivity index (χ2v) is 1.42. The molecule has 1 aliphatic rings. The highest BCUT2D eigenvalue weighted by molar-refractivity contribution is 5.19. The molecule has 0 aromatic rings. The Labute approximate surface area is 36.5 Å². The van der Waals surface area contributed by atoms with Crippen molar-refractivity contribution in [1.82, 2.24) is 5.32 Å². The van der Waals surface area contributed by atoms with Crippen molar-refractivity contribution in [3.8, 4) is 0 Å². The van der Waals surface area contributed by atoms with Crippen molar-refractivity contribution < 1.29 is 5.11 Å². The molecule has 6 heavy (non-hydrogen) atoms. The quantitative estimate of drug-likeness (QED) is 0.463. The van der Waals surface area contributed by atoms with Crippen molar-refractivity contribution in [2.24, 2.45) is 0 Å². The van der Waals surface area contributed by atoms with E-state index in [1.807, 2.05) is 0 Å². The van der Waals surface area contributed by atoms with Crippen LogP contribution < -0.4 is 5.32 Å². The van der Waals surface area contributed by atoms with E-state index >= 15 is 0 Å². The molecule has 1 atom stereocenters. The summed E-state index contributed by atoms with van der Waals surface area (Å²) in [6.07, 6.45) is 1.50. The summed E-state index contributed by atoms with van der Waals surface area (Å²) in [6.45, 7) is 1.73. The second-order valence-electron chi connectivity index (χ2n) is 1.42. The van der Waals surface area contributed by atoms with Crippen molar-refractivity contribution in [1.29, 1.82) is 0 Å². The van der Waals surface area contributed by atoms with Gasteiger partial charge >= 0.3 is 0 Å². The maximum absolute atomic E-state index is 8.56. The van der Waals surface area contributed by atoms with Crippen LogP contribution in [-0.2, 0) is 0 Å². The molecule has 1 aliphatic heterocycles. The van der Waals surface area contributed by atoms with Crippen molar-refractivity contribution in [3.63, 3.8) is 0 Å². The summed E-state index contributed by atoms with van der Waals surface area (Å²) in [6, 6.07) is 0. The smallest absolute Gasteiger partial charge is 0.0924 e. The Hall–Kier alpha value is -0.500. The number of aliphatic hydroxyl groups is 1. The van der Waals surface area contributed by atoms with E-state index in [1.54, 1.807) is 13.1 Å². The number of rotatable bonds is 1. The average Bonchev–Trinajstić information content (AvgIpc) is 2.06. The third-order valence-electron chi connectivity index (χ3n) is 0.761. The molecular formula is C4H7NO. The monoisotopic (exact) mass is 85.1 g/mol. The Morgan fingerprint density at radius 2 is 2.50 bits per heavy atom. The first-order valence-electron chi connectivity index (χ1n) is 1.95. The molecule has 1 heterocycles. The summed E-state index contributed by atoms with van der Waals surface area (Å²) >= 11 is 0. The van der Waals surface area contributed by atoms with Crippen LogP contribution in [0.15, 0.2) is 11.9 Å². The number of hydrogen-bond donors (Lipinski definition) is 2. The van der Waals surface area contributed by atoms with Gasteiger partial charge < -0.3 is 10.4 Å². The summed E-state index contributed by atoms with van der Waals surface area (Å²) in [5.74, 6) is 0. The first-order valence-corrected chi connectivity index (χ1v) is 1.95. The fourth-order valence-electron chi connectivity index (χ4n) is 0.283. The molecule has 2 nitrogen and oxygen atoms in total. The van der Waals surface area contributed by atoms with E-state index in [2.05, 4.69) is 5.32 Å². The molecule has 0 amide bonds. The summed E-state index contributed by atoms with van der Waals surface area (Å²) in [7, 11) is 0. The van der Waals surface area contributed by atoms with E-state index in [1.165, 1.54) is 0 Å². The van der Waals surface area contributed by atoms with Crippen molar-refractivity contribution in [2.45, 2.75) is 13.0 Å². The standard InChI is InChI=1S/C4H7NO/c1-3(6)4-2-5-4/h2-3,5-6H,1H3. The minimum Gasteiger partial charge on any atom is -0.387 e. The predicted molar refractivity (Wildman–Crippen MR) is 22.9 cm³/mol. The molecule has 0 spiro atoms. The van der Waals surface area contributed by atoms with Crippen molar-refractivity contribution >= 4 is 0 Å². The second kappa shape index (κ2) is 0.980. The lowest BCUT2D eigenvalue weighted by Gasteiger charge is -1.89. The van der Waals surface area contributed by atoms with E-state index in [-0.39, 0.29) is 6.10 Å². The SMILES string of the molecule is CC(O)C1=CN1. The third-order valence-corrected chi connectivity index (χ3v) is 0.761. The van der Waals surface area contributed by atoms with Crippen LogP contribution >= 0.6 is 0 Å². The lowest BCUT2D eigenvalue weighted by Crippen LogP contribution is -1.99. The molecule has 0 fully saturated rings. The van der Waals surface area contributed by atoms with Crippen molar-refractivity contribution in [3.05, 3.63) is 11.9 Å². The highest BCUT2D eigenvalue weighted by Crippen LogP contribution is 2.05. The molecule has 0 saturated carbocycles. The largest absolute Gasteiger partial charge is 0.387 e. The Morgan fingerprint density at radius 3 is 2.50 bits per heavy atom. The zero-order valence-corrected chi connectivity index (χ0v) is 3.60. The van der Waals surface area contributed by atoms with Gasteiger partial charge in [0.2, 0.25) is 0 Å². The predicted octanol–water partition coefficient (Wildman–Crippen LogP) is -0.188. The third kappa shape index (κ3) is 0.518. The maximum Gasteiger partial charge on any atom is 0.0924 e. The van der Waals surface area contributed by atoms with E-state index < -0.39 is 0 Å². The van der Waals surface area contributed by atoms with Gasteiger partial charge in [0, 0.05) is 6.20 Å². The highest BCUT2D eigenvalue weighted by Gasteiger charge is 2.10. The van der Waals surface area contributed by atoms with Gasteiger partial charge in [0.05, 0.1) is 11.8 Å². The Balaban J connectivity index is 2.31. The molecule has 1 unspecified atom stereocenters. The Kier molecular flexibility index (Phi) is 0.601. The topological polar surface area (TPSA) is 42.2 Å². The molecule has 34 valence electrons. The molecule has 0 bridgehead atoms. The first-order chi connectivity index (χ1) is 2.80. The molecule has 2 heteroatoms. The van der Waals surface area contributed by atoms with Gasteiger partial charge in [-0.05, 0) is 6.92 Å². The molecular weight excluding hydrogens is 78.0 g/mol. The molecule has 0 saturated heterocycles. The fourth-order valence-corrected chi connectivity index (χ4v) is 0.283. The summed E-state index contributed by atoms with van der Waals surface area (Å²) in [4.78, 5) is 0. The van der Waals surface area contributed by atoms with Crippen LogP contribution in [0, 0.1) is 0 Å². The van der Waals surface area contributed by atoms with E-state index in [4.69, 9.17) is 5.11 Å². The summed E-state index contributed by atoms with van der Waals surface area (Å²) < 4.78 is 0. The van der Waals surface area contributed by atoms with Gasteiger partial charge in [0.25, 0.3) is 0 Å². The van der Waals surface area contributed by atoms with Gasteiger partial charge in [-0.3, -0.25) is 0 Å². The van der Waals surface area contributed by atoms with Gasteiger partial charge in [0.15, 0.2) is 0 Å². The lowest BCUT2D eigenvalue weighted by atomic mass is 10.4. The van der Waals surface area contributed by atoms with Crippen LogP contribution in [0.2, 0.25) is 0 Å². The van der Waals surface area contributed by atoms with Gasteiger partial charge in [-0.1, -0.05) is 0 Å². The van der Waals surface area contributed by atoms with E-state index in [9.17, 15) is 0 Å². The minimum absolute atomic E-state index is 0.287. The number of aliphatic hydroxyl groups excluding tert-OH is 1. The van der Waals surface area contributed by atoms with Gasteiger partial charge in [-0.15, -0.1) is 0 Å². The number of nitrogens with one attached hydrogen (secondary N) is 1. The Bertz CT molecular complexity index is 85.5. The average molecular weight is 85.1 g/mol. The van der Waals surface area contributed by atoms with Crippen LogP contribution in [0.4, 0.5) is 0 Å². The van der Waals surface area contributed by atoms with Crippen LogP contribution in [0.1, 0.15) is 6.92 Å². The molecule has 1 rings (SSSR count). The number of hydrogen-bond acceptors (Lipinski definition) is 2. The van der Waals surface area contributed by atoms with Crippen LogP contribution in [0.3, 0.4) is 0 Å². The molecule has 0 radical (unpaired) electrons. The van der Waals surface area contributed by atoms with E-state index in [0.717, 1.165) is 5.70 Å². The molecule has 0 aliphatic carbocycles. The summed E-state index contributed by atoms with van der Waals surface area (Å²) in [5.41, 5.74) is 0.940. The zero-order chi connectivity index (χ0) is 4.57.